The standard InChI is InChI=1S/C16H35O4P.3Ca.H3O4P/c1-5-9-11-15(7-3)13-19-21(17,18)20-14-16(8-4)12-10-6-2;;;;1-5(2,3)4/h15-16H,5-14H2,1-4H3,(H,17,18);;;;(H3,1,2,3,4)/q;3*+2;/p-4. The third-order valence-electron chi connectivity index (χ3n) is 4.02. The van der Waals surface area contributed by atoms with Gasteiger partial charge in [0.25, 0.3) is 7.82 Å². The molecule has 0 aliphatic heterocycles. The average molecular weight is 537 g/mol. The number of hydrogen-bond donors (Lipinski definition) is 0. The minimum atomic E-state index is -5.39. The third-order valence-corrected chi connectivity index (χ3v) is 4.95. The summed E-state index contributed by atoms with van der Waals surface area (Å²) < 4.78 is 30.5. The van der Waals surface area contributed by atoms with Crippen LogP contribution < -0.4 is 19.6 Å². The van der Waals surface area contributed by atoms with E-state index < -0.39 is 15.6 Å². The molecule has 0 aliphatic rings. The van der Waals surface area contributed by atoms with Crippen LogP contribution in [0, 0.1) is 11.8 Å². The van der Waals surface area contributed by atoms with Crippen molar-refractivity contribution in [2.45, 2.75) is 79.1 Å². The first-order chi connectivity index (χ1) is 12.0. The molecule has 0 amide bonds. The fourth-order valence-corrected chi connectivity index (χ4v) is 3.09. The van der Waals surface area contributed by atoms with Crippen molar-refractivity contribution < 1.29 is 37.8 Å². The maximum atomic E-state index is 11.8. The monoisotopic (exact) mass is 536 g/mol. The van der Waals surface area contributed by atoms with Gasteiger partial charge in [-0.2, -0.15) is 7.82 Å². The van der Waals surface area contributed by atoms with Gasteiger partial charge in [0.1, 0.15) is 0 Å². The summed E-state index contributed by atoms with van der Waals surface area (Å²) in [6.45, 7) is 8.91. The van der Waals surface area contributed by atoms with Gasteiger partial charge in [-0.1, -0.05) is 66.2 Å². The number of phosphoric acid groups is 2. The summed E-state index contributed by atoms with van der Waals surface area (Å²) in [5, 5.41) is 0. The van der Waals surface area contributed by atoms with Crippen molar-refractivity contribution >= 4 is 129 Å². The molecule has 0 N–H and O–H groups in total. The van der Waals surface area contributed by atoms with Gasteiger partial charge in [0.15, 0.2) is 0 Å². The van der Waals surface area contributed by atoms with Crippen molar-refractivity contribution in [1.82, 2.24) is 0 Å². The van der Waals surface area contributed by atoms with Crippen molar-refractivity contribution in [1.29, 1.82) is 0 Å². The van der Waals surface area contributed by atoms with Crippen LogP contribution in [0.5, 0.6) is 0 Å². The summed E-state index contributed by atoms with van der Waals surface area (Å²) in [5.74, 6) is 0.607. The maximum absolute atomic E-state index is 11.8. The first-order valence-corrected chi connectivity index (χ1v) is 12.2. The minimum absolute atomic E-state index is 0. The van der Waals surface area contributed by atoms with E-state index in [2.05, 4.69) is 27.7 Å². The van der Waals surface area contributed by atoms with E-state index >= 15 is 0 Å². The molecule has 0 aliphatic carbocycles. The van der Waals surface area contributed by atoms with Crippen LogP contribution in [-0.4, -0.2) is 126 Å². The van der Waals surface area contributed by atoms with Crippen LogP contribution in [0.25, 0.3) is 0 Å². The summed E-state index contributed by atoms with van der Waals surface area (Å²) in [7, 11) is -9.53. The first-order valence-electron chi connectivity index (χ1n) is 9.32. The van der Waals surface area contributed by atoms with E-state index in [4.69, 9.17) is 28.3 Å². The molecule has 0 saturated carbocycles. The molecule has 13 heteroatoms. The second-order valence-corrected chi connectivity index (χ2v) is 8.62. The summed E-state index contributed by atoms with van der Waals surface area (Å²) in [6.07, 6.45) is 8.38. The van der Waals surface area contributed by atoms with Crippen molar-refractivity contribution in [3.63, 3.8) is 0 Å². The van der Waals surface area contributed by atoms with E-state index in [9.17, 15) is 9.46 Å². The quantitative estimate of drug-likeness (QED) is 0.236. The number of unbranched alkanes of at least 4 members (excludes halogenated alkanes) is 2. The molecular weight excluding hydrogens is 502 g/mol. The van der Waals surface area contributed by atoms with Crippen molar-refractivity contribution in [3.05, 3.63) is 0 Å². The zero-order valence-corrected chi connectivity index (χ0v) is 26.9. The largest absolute Gasteiger partial charge is 2.00 e. The molecule has 0 aromatic heterocycles. The van der Waals surface area contributed by atoms with Crippen LogP contribution in [-0.2, 0) is 18.2 Å². The van der Waals surface area contributed by atoms with Crippen LogP contribution in [0.2, 0.25) is 0 Å². The molecule has 2 unspecified atom stereocenters. The normalized spacial score (nSPS) is 14.6. The summed E-state index contributed by atoms with van der Waals surface area (Å²) in [6, 6.07) is 0. The van der Waals surface area contributed by atoms with Crippen LogP contribution in [0.1, 0.15) is 79.1 Å². The second-order valence-electron chi connectivity index (χ2n) is 6.32. The molecule has 0 aromatic carbocycles. The van der Waals surface area contributed by atoms with Crippen molar-refractivity contribution in [3.8, 4) is 0 Å². The van der Waals surface area contributed by atoms with Crippen LogP contribution >= 0.6 is 15.6 Å². The Labute approximate surface area is 266 Å². The van der Waals surface area contributed by atoms with E-state index in [0.717, 1.165) is 51.4 Å². The predicted octanol–water partition coefficient (Wildman–Crippen LogP) is 0.954. The fraction of sp³-hybridized carbons (Fsp3) is 1.00. The van der Waals surface area contributed by atoms with Gasteiger partial charge >= 0.3 is 113 Å². The summed E-state index contributed by atoms with van der Waals surface area (Å²) >= 11 is 0. The van der Waals surface area contributed by atoms with Crippen LogP contribution in [0.15, 0.2) is 0 Å². The fourth-order valence-electron chi connectivity index (χ4n) is 2.23. The zero-order chi connectivity index (χ0) is 20.6. The Morgan fingerprint density at radius 3 is 1.17 bits per heavy atom. The van der Waals surface area contributed by atoms with Gasteiger partial charge in [0, 0.05) is 0 Å². The molecule has 0 saturated heterocycles. The summed E-state index contributed by atoms with van der Waals surface area (Å²) in [4.78, 5) is 37.4. The van der Waals surface area contributed by atoms with Crippen molar-refractivity contribution in [2.75, 3.05) is 13.2 Å². The maximum Gasteiger partial charge on any atom is 2.00 e. The average Bonchev–Trinajstić information content (AvgIpc) is 2.53. The Kier molecular flexibility index (Phi) is 39.5. The molecule has 0 heterocycles. The van der Waals surface area contributed by atoms with Gasteiger partial charge in [0.2, 0.25) is 0 Å². The minimum Gasteiger partial charge on any atom is -0.822 e. The van der Waals surface area contributed by atoms with E-state index in [1.54, 1.807) is 0 Å². The molecule has 0 radical (unpaired) electrons. The Morgan fingerprint density at radius 1 is 0.690 bits per heavy atom. The molecule has 29 heavy (non-hydrogen) atoms. The van der Waals surface area contributed by atoms with Gasteiger partial charge in [0.05, 0.1) is 13.2 Å². The first kappa shape index (κ1) is 43.1. The Balaban J connectivity index is -0.000000213. The molecule has 0 fully saturated rings. The van der Waals surface area contributed by atoms with E-state index in [1.807, 2.05) is 0 Å². The SMILES string of the molecule is CCCCC(CC)COP(=O)([O-])OCC(CC)CCCC.O=P([O-])([O-])[O-].[Ca+2].[Ca+2].[Ca+2]. The van der Waals surface area contributed by atoms with E-state index in [-0.39, 0.29) is 126 Å². The van der Waals surface area contributed by atoms with Crippen molar-refractivity contribution in [2.24, 2.45) is 11.8 Å². The van der Waals surface area contributed by atoms with Gasteiger partial charge < -0.3 is 33.2 Å². The number of phosphoric ester groups is 1. The Bertz CT molecular complexity index is 395. The number of hydrogen-bond acceptors (Lipinski definition) is 8. The van der Waals surface area contributed by atoms with Gasteiger partial charge in [-0.15, -0.1) is 0 Å². The smallest absolute Gasteiger partial charge is 0.822 e. The Hall–Kier alpha value is 4.00. The molecular formula is C16H34Ca3O8P2+2. The van der Waals surface area contributed by atoms with E-state index in [0.29, 0.717) is 11.8 Å². The van der Waals surface area contributed by atoms with E-state index in [1.165, 1.54) is 0 Å². The Morgan fingerprint density at radius 2 is 0.966 bits per heavy atom. The number of rotatable bonds is 14. The molecule has 0 spiro atoms. The van der Waals surface area contributed by atoms with Gasteiger partial charge in [-0.05, 0) is 24.7 Å². The van der Waals surface area contributed by atoms with Crippen LogP contribution in [0.4, 0.5) is 0 Å². The molecule has 0 aromatic rings. The van der Waals surface area contributed by atoms with Gasteiger partial charge in [-0.3, -0.25) is 4.57 Å². The zero-order valence-electron chi connectivity index (χ0n) is 18.5. The van der Waals surface area contributed by atoms with Crippen LogP contribution in [0.3, 0.4) is 0 Å². The molecule has 2 atom stereocenters. The van der Waals surface area contributed by atoms with Gasteiger partial charge in [-0.25, -0.2) is 0 Å². The second kappa shape index (κ2) is 26.6. The third kappa shape index (κ3) is 36.7. The topological polar surface area (TPSA) is 145 Å². The molecule has 0 bridgehead atoms. The molecule has 160 valence electrons. The molecule has 0 rings (SSSR count). The molecule has 8 nitrogen and oxygen atoms in total. The summed E-state index contributed by atoms with van der Waals surface area (Å²) in [5.41, 5.74) is 0. The predicted molar refractivity (Wildman–Crippen MR) is 111 cm³/mol.